The molecule has 0 spiro atoms. The first kappa shape index (κ1) is 27.9. The minimum absolute atomic E-state index is 0.0791. The number of hydrogen-bond donors (Lipinski definition) is 0. The van der Waals surface area contributed by atoms with Crippen molar-refractivity contribution >= 4 is 37.4 Å². The summed E-state index contributed by atoms with van der Waals surface area (Å²) in [5.41, 5.74) is -0.269. The first-order chi connectivity index (χ1) is 17.4. The zero-order chi connectivity index (χ0) is 27.0. The number of carbonyl (C=O) groups excluding carboxylic acids is 1. The van der Waals surface area contributed by atoms with E-state index >= 15 is 4.39 Å². The topological polar surface area (TPSA) is 97.8 Å². The lowest BCUT2D eigenvalue weighted by atomic mass is 9.78. The second-order valence-electron chi connectivity index (χ2n) is 9.59. The molecule has 2 aromatic rings. The summed E-state index contributed by atoms with van der Waals surface area (Å²) in [6, 6.07) is 7.34. The Morgan fingerprint density at radius 2 is 1.70 bits per heavy atom. The average molecular weight is 576 g/mol. The molecule has 0 aromatic heterocycles. The van der Waals surface area contributed by atoms with Crippen LogP contribution in [0.25, 0.3) is 0 Å². The summed E-state index contributed by atoms with van der Waals surface area (Å²) in [6.07, 6.45) is 1.01. The first-order valence-corrected chi connectivity index (χ1v) is 15.4. The van der Waals surface area contributed by atoms with Crippen LogP contribution in [0.4, 0.5) is 8.78 Å². The molecular weight excluding hydrogens is 548 g/mol. The van der Waals surface area contributed by atoms with Gasteiger partial charge in [0.05, 0.1) is 17.8 Å². The first-order valence-electron chi connectivity index (χ1n) is 11.9. The molecular formula is C25H28ClF2NO6S2. The molecule has 4 rings (SSSR count). The van der Waals surface area contributed by atoms with Crippen LogP contribution in [-0.2, 0) is 34.1 Å². The summed E-state index contributed by atoms with van der Waals surface area (Å²) >= 11 is 5.92. The van der Waals surface area contributed by atoms with Crippen LogP contribution in [0.2, 0.25) is 5.02 Å². The Morgan fingerprint density at radius 1 is 1.05 bits per heavy atom. The molecule has 1 saturated heterocycles. The SMILES string of the molecule is COC(=O)[C@H]1CCCN1S(=O)(=O)CC1CCC(c2cc(F)ccc2F)(S(=O)(=O)c2ccc(Cl)cc2)CC1. The zero-order valence-corrected chi connectivity index (χ0v) is 22.6. The number of ether oxygens (including phenoxy) is 1. The van der Waals surface area contributed by atoms with Crippen molar-refractivity contribution in [3.8, 4) is 0 Å². The Hall–Kier alpha value is -2.08. The van der Waals surface area contributed by atoms with E-state index in [1.165, 1.54) is 31.4 Å². The van der Waals surface area contributed by atoms with Crippen LogP contribution in [0.5, 0.6) is 0 Å². The lowest BCUT2D eigenvalue weighted by Gasteiger charge is -2.40. The number of hydrogen-bond acceptors (Lipinski definition) is 6. The quantitative estimate of drug-likeness (QED) is 0.453. The zero-order valence-electron chi connectivity index (χ0n) is 20.2. The summed E-state index contributed by atoms with van der Waals surface area (Å²) < 4.78 is 87.6. The van der Waals surface area contributed by atoms with E-state index < -0.39 is 54.2 Å². The van der Waals surface area contributed by atoms with Crippen molar-refractivity contribution in [1.82, 2.24) is 4.31 Å². The van der Waals surface area contributed by atoms with Crippen molar-refractivity contribution in [3.05, 3.63) is 64.7 Å². The molecule has 1 aliphatic carbocycles. The second-order valence-corrected chi connectivity index (χ2v) is 14.3. The van der Waals surface area contributed by atoms with Gasteiger partial charge < -0.3 is 4.74 Å². The van der Waals surface area contributed by atoms with Crippen molar-refractivity contribution in [2.24, 2.45) is 5.92 Å². The van der Waals surface area contributed by atoms with E-state index in [1.807, 2.05) is 0 Å². The molecule has 12 heteroatoms. The van der Waals surface area contributed by atoms with Crippen LogP contribution in [0.3, 0.4) is 0 Å². The molecule has 0 radical (unpaired) electrons. The number of nitrogens with zero attached hydrogens (tertiary/aromatic N) is 1. The number of sulfone groups is 1. The normalized spacial score (nSPS) is 25.2. The van der Waals surface area contributed by atoms with Gasteiger partial charge in [0.2, 0.25) is 10.0 Å². The van der Waals surface area contributed by atoms with Crippen molar-refractivity contribution in [2.45, 2.75) is 54.2 Å². The molecule has 202 valence electrons. The molecule has 2 fully saturated rings. The van der Waals surface area contributed by atoms with Gasteiger partial charge in [0.15, 0.2) is 9.84 Å². The lowest BCUT2D eigenvalue weighted by molar-refractivity contribution is -0.144. The Morgan fingerprint density at radius 3 is 2.32 bits per heavy atom. The summed E-state index contributed by atoms with van der Waals surface area (Å²) in [5.74, 6) is -2.92. The largest absolute Gasteiger partial charge is 0.468 e. The lowest BCUT2D eigenvalue weighted by Crippen LogP contribution is -2.45. The third kappa shape index (κ3) is 5.28. The molecule has 0 unspecified atom stereocenters. The van der Waals surface area contributed by atoms with E-state index in [4.69, 9.17) is 16.3 Å². The second kappa shape index (κ2) is 10.6. The molecule has 2 aromatic carbocycles. The van der Waals surface area contributed by atoms with E-state index in [2.05, 4.69) is 0 Å². The van der Waals surface area contributed by atoms with Gasteiger partial charge in [-0.05, 0) is 86.9 Å². The average Bonchev–Trinajstić information content (AvgIpc) is 3.37. The number of esters is 1. The van der Waals surface area contributed by atoms with Gasteiger partial charge in [-0.3, -0.25) is 4.79 Å². The Balaban J connectivity index is 1.64. The molecule has 0 bridgehead atoms. The molecule has 0 N–H and O–H groups in total. The maximum atomic E-state index is 15.0. The van der Waals surface area contributed by atoms with Gasteiger partial charge in [-0.1, -0.05) is 11.6 Å². The highest BCUT2D eigenvalue weighted by Crippen LogP contribution is 2.49. The molecule has 1 aliphatic heterocycles. The third-order valence-electron chi connectivity index (χ3n) is 7.45. The number of benzene rings is 2. The Bertz CT molecular complexity index is 1370. The molecule has 1 saturated carbocycles. The van der Waals surface area contributed by atoms with Crippen LogP contribution in [0.1, 0.15) is 44.1 Å². The van der Waals surface area contributed by atoms with Crippen molar-refractivity contribution in [2.75, 3.05) is 19.4 Å². The van der Waals surface area contributed by atoms with Crippen molar-refractivity contribution in [1.29, 1.82) is 0 Å². The van der Waals surface area contributed by atoms with E-state index in [0.717, 1.165) is 22.5 Å². The summed E-state index contributed by atoms with van der Waals surface area (Å²) in [7, 11) is -6.86. The van der Waals surface area contributed by atoms with Gasteiger partial charge in [0.1, 0.15) is 22.4 Å². The van der Waals surface area contributed by atoms with E-state index in [0.29, 0.717) is 17.9 Å². The van der Waals surface area contributed by atoms with Crippen molar-refractivity contribution in [3.63, 3.8) is 0 Å². The third-order valence-corrected chi connectivity index (χ3v) is 12.3. The number of methoxy groups -OCH3 is 1. The van der Waals surface area contributed by atoms with Gasteiger partial charge >= 0.3 is 5.97 Å². The predicted octanol–water partition coefficient (Wildman–Crippen LogP) is 4.44. The minimum Gasteiger partial charge on any atom is -0.468 e. The van der Waals surface area contributed by atoms with Crippen LogP contribution >= 0.6 is 11.6 Å². The summed E-state index contributed by atoms with van der Waals surface area (Å²) in [4.78, 5) is 12.0. The molecule has 7 nitrogen and oxygen atoms in total. The summed E-state index contributed by atoms with van der Waals surface area (Å²) in [6.45, 7) is 0.207. The van der Waals surface area contributed by atoms with Gasteiger partial charge in [-0.2, -0.15) is 4.31 Å². The number of carbonyl (C=O) groups is 1. The van der Waals surface area contributed by atoms with E-state index in [1.54, 1.807) is 0 Å². The molecule has 1 heterocycles. The van der Waals surface area contributed by atoms with Gasteiger partial charge in [-0.15, -0.1) is 0 Å². The molecule has 1 atom stereocenters. The molecule has 37 heavy (non-hydrogen) atoms. The van der Waals surface area contributed by atoms with Crippen LogP contribution in [-0.4, -0.2) is 52.6 Å². The number of halogens is 3. The Labute approximate surface area is 220 Å². The fourth-order valence-corrected chi connectivity index (χ4v) is 9.92. The minimum atomic E-state index is -4.23. The van der Waals surface area contributed by atoms with E-state index in [9.17, 15) is 26.0 Å². The fourth-order valence-electron chi connectivity index (χ4n) is 5.52. The van der Waals surface area contributed by atoms with Crippen LogP contribution in [0, 0.1) is 17.6 Å². The fraction of sp³-hybridized carbons (Fsp3) is 0.480. The smallest absolute Gasteiger partial charge is 0.324 e. The number of sulfonamides is 1. The highest BCUT2D eigenvalue weighted by molar-refractivity contribution is 7.92. The number of rotatable bonds is 7. The van der Waals surface area contributed by atoms with Crippen LogP contribution in [0.15, 0.2) is 47.4 Å². The molecule has 2 aliphatic rings. The van der Waals surface area contributed by atoms with Crippen molar-refractivity contribution < 1.29 is 35.1 Å². The predicted molar refractivity (Wildman–Crippen MR) is 134 cm³/mol. The highest BCUT2D eigenvalue weighted by Gasteiger charge is 2.51. The van der Waals surface area contributed by atoms with Gasteiger partial charge in [-0.25, -0.2) is 25.6 Å². The standard InChI is InChI=1S/C25H28ClF2NO6S2/c1-35-24(30)23-3-2-14-29(23)36(31,32)16-17-10-12-25(13-11-17,21-15-19(27)6-9-22(21)28)37(33,34)20-7-4-18(26)5-8-20/h4-9,15,17,23H,2-3,10-14,16H2,1H3/t17?,23-,25?/m1/s1. The maximum Gasteiger partial charge on any atom is 0.324 e. The van der Waals surface area contributed by atoms with Gasteiger partial charge in [0.25, 0.3) is 0 Å². The highest BCUT2D eigenvalue weighted by atomic mass is 35.5. The molecule has 0 amide bonds. The Kier molecular flexibility index (Phi) is 8.00. The monoisotopic (exact) mass is 575 g/mol. The maximum absolute atomic E-state index is 15.0. The van der Waals surface area contributed by atoms with Crippen LogP contribution < -0.4 is 0 Å². The summed E-state index contributed by atoms with van der Waals surface area (Å²) in [5, 5.41) is 0.325. The van der Waals surface area contributed by atoms with E-state index in [-0.39, 0.29) is 48.4 Å². The van der Waals surface area contributed by atoms with Gasteiger partial charge in [0, 0.05) is 17.1 Å².